The molecule has 1 atom stereocenters. The highest BCUT2D eigenvalue weighted by Crippen LogP contribution is 2.40. The zero-order chi connectivity index (χ0) is 21.9. The SMILES string of the molecule is COCCN1CCCC(c2cc(-c3ccc4c(c3)CC/C4=N\O)c(-c3ccncc3)o2)C1. The van der Waals surface area contributed by atoms with Crippen LogP contribution in [0.5, 0.6) is 0 Å². The number of rotatable bonds is 6. The molecule has 166 valence electrons. The van der Waals surface area contributed by atoms with E-state index in [4.69, 9.17) is 9.15 Å². The van der Waals surface area contributed by atoms with E-state index in [9.17, 15) is 5.21 Å². The van der Waals surface area contributed by atoms with Crippen LogP contribution < -0.4 is 0 Å². The number of furan rings is 1. The first-order valence-corrected chi connectivity index (χ1v) is 11.4. The molecule has 2 aliphatic rings. The average molecular weight is 432 g/mol. The van der Waals surface area contributed by atoms with Gasteiger partial charge < -0.3 is 19.3 Å². The van der Waals surface area contributed by atoms with Crippen LogP contribution in [0.25, 0.3) is 22.5 Å². The monoisotopic (exact) mass is 431 g/mol. The Labute approximate surface area is 188 Å². The van der Waals surface area contributed by atoms with Gasteiger partial charge >= 0.3 is 0 Å². The van der Waals surface area contributed by atoms with Gasteiger partial charge in [-0.3, -0.25) is 4.98 Å². The standard InChI is InChI=1S/C26H29N3O3/c1-31-14-13-29-12-2-3-21(17-29)25-16-23(26(32-25)18-8-10-27-11-9-18)20-4-6-22-19(15-20)5-7-24(22)28-30/h4,6,8-11,15-16,21,30H,2-3,5,7,12-14,17H2,1H3/b28-24+. The Morgan fingerprint density at radius 2 is 2.00 bits per heavy atom. The van der Waals surface area contributed by atoms with E-state index in [2.05, 4.69) is 39.3 Å². The van der Waals surface area contributed by atoms with Crippen molar-refractivity contribution < 1.29 is 14.4 Å². The highest BCUT2D eigenvalue weighted by atomic mass is 16.5. The van der Waals surface area contributed by atoms with Crippen molar-refractivity contribution in [2.24, 2.45) is 5.16 Å². The number of aromatic nitrogens is 1. The fourth-order valence-electron chi connectivity index (χ4n) is 5.00. The Balaban J connectivity index is 1.52. The van der Waals surface area contributed by atoms with Gasteiger partial charge in [0.25, 0.3) is 0 Å². The number of oxime groups is 1. The third-order valence-corrected chi connectivity index (χ3v) is 6.69. The molecule has 1 aliphatic carbocycles. The molecule has 1 aromatic carbocycles. The number of piperidine rings is 1. The highest BCUT2D eigenvalue weighted by molar-refractivity contribution is 6.04. The van der Waals surface area contributed by atoms with Crippen LogP contribution in [0.15, 0.2) is 58.4 Å². The molecule has 6 heteroatoms. The number of hydrogen-bond acceptors (Lipinski definition) is 6. The van der Waals surface area contributed by atoms with Crippen LogP contribution in [-0.2, 0) is 11.2 Å². The number of pyridine rings is 1. The summed E-state index contributed by atoms with van der Waals surface area (Å²) in [6, 6.07) is 12.6. The quantitative estimate of drug-likeness (QED) is 0.441. The number of benzene rings is 1. The summed E-state index contributed by atoms with van der Waals surface area (Å²) >= 11 is 0. The zero-order valence-electron chi connectivity index (χ0n) is 18.5. The van der Waals surface area contributed by atoms with Gasteiger partial charge in [0.2, 0.25) is 0 Å². The van der Waals surface area contributed by atoms with Crippen LogP contribution in [-0.4, -0.2) is 54.2 Å². The van der Waals surface area contributed by atoms with Crippen LogP contribution in [0, 0.1) is 0 Å². The van der Waals surface area contributed by atoms with Crippen molar-refractivity contribution >= 4 is 5.71 Å². The second-order valence-electron chi connectivity index (χ2n) is 8.68. The van der Waals surface area contributed by atoms with Crippen molar-refractivity contribution in [1.82, 2.24) is 9.88 Å². The molecule has 0 spiro atoms. The van der Waals surface area contributed by atoms with Crippen molar-refractivity contribution in [3.05, 3.63) is 65.7 Å². The molecule has 6 nitrogen and oxygen atoms in total. The van der Waals surface area contributed by atoms with Gasteiger partial charge in [0.1, 0.15) is 11.5 Å². The Kier molecular flexibility index (Phi) is 6.06. The van der Waals surface area contributed by atoms with Crippen LogP contribution in [0.3, 0.4) is 0 Å². The molecule has 3 heterocycles. The smallest absolute Gasteiger partial charge is 0.142 e. The van der Waals surface area contributed by atoms with Crippen molar-refractivity contribution in [3.8, 4) is 22.5 Å². The van der Waals surface area contributed by atoms with E-state index in [1.807, 2.05) is 12.1 Å². The summed E-state index contributed by atoms with van der Waals surface area (Å²) in [7, 11) is 1.76. The number of nitrogens with zero attached hydrogens (tertiary/aromatic N) is 3. The van der Waals surface area contributed by atoms with Crippen molar-refractivity contribution in [1.29, 1.82) is 0 Å². The highest BCUT2D eigenvalue weighted by Gasteiger charge is 2.27. The lowest BCUT2D eigenvalue weighted by atomic mass is 9.93. The van der Waals surface area contributed by atoms with Gasteiger partial charge in [0, 0.05) is 55.2 Å². The van der Waals surface area contributed by atoms with Gasteiger partial charge in [0.05, 0.1) is 12.3 Å². The molecule has 32 heavy (non-hydrogen) atoms. The lowest BCUT2D eigenvalue weighted by molar-refractivity contribution is 0.125. The largest absolute Gasteiger partial charge is 0.460 e. The maximum Gasteiger partial charge on any atom is 0.142 e. The molecule has 0 bridgehead atoms. The molecule has 3 aromatic rings. The minimum atomic E-state index is 0.373. The number of methoxy groups -OCH3 is 1. The summed E-state index contributed by atoms with van der Waals surface area (Å²) in [6.45, 7) is 3.82. The third-order valence-electron chi connectivity index (χ3n) is 6.69. The van der Waals surface area contributed by atoms with Gasteiger partial charge in [-0.2, -0.15) is 0 Å². The summed E-state index contributed by atoms with van der Waals surface area (Å²) in [5.74, 6) is 2.31. The predicted octanol–water partition coefficient (Wildman–Crippen LogP) is 4.96. The van der Waals surface area contributed by atoms with E-state index in [-0.39, 0.29) is 0 Å². The first-order chi connectivity index (χ1) is 15.8. The molecule has 1 unspecified atom stereocenters. The number of hydrogen-bond donors (Lipinski definition) is 1. The first-order valence-electron chi connectivity index (χ1n) is 11.4. The molecule has 1 aliphatic heterocycles. The van der Waals surface area contributed by atoms with Gasteiger partial charge in [-0.15, -0.1) is 0 Å². The Bertz CT molecular complexity index is 1110. The molecule has 1 N–H and O–H groups in total. The number of ether oxygens (including phenoxy) is 1. The van der Waals surface area contributed by atoms with E-state index in [0.29, 0.717) is 5.92 Å². The number of fused-ring (bicyclic) bond motifs is 1. The summed E-state index contributed by atoms with van der Waals surface area (Å²) in [5.41, 5.74) is 6.32. The average Bonchev–Trinajstić information content (AvgIpc) is 3.47. The van der Waals surface area contributed by atoms with Crippen LogP contribution in [0.4, 0.5) is 0 Å². The van der Waals surface area contributed by atoms with Gasteiger partial charge in [-0.1, -0.05) is 23.4 Å². The van der Waals surface area contributed by atoms with E-state index in [1.54, 1.807) is 19.5 Å². The third kappa shape index (κ3) is 4.08. The molecule has 1 fully saturated rings. The lowest BCUT2D eigenvalue weighted by Crippen LogP contribution is -2.36. The van der Waals surface area contributed by atoms with Crippen LogP contribution in [0.2, 0.25) is 0 Å². The molecule has 0 amide bonds. The summed E-state index contributed by atoms with van der Waals surface area (Å²) in [6.07, 6.45) is 7.59. The van der Waals surface area contributed by atoms with E-state index < -0.39 is 0 Å². The van der Waals surface area contributed by atoms with Crippen LogP contribution in [0.1, 0.15) is 42.1 Å². The second kappa shape index (κ2) is 9.27. The van der Waals surface area contributed by atoms with E-state index >= 15 is 0 Å². The van der Waals surface area contributed by atoms with E-state index in [1.165, 1.54) is 5.56 Å². The Hall–Kier alpha value is -2.96. The predicted molar refractivity (Wildman–Crippen MR) is 124 cm³/mol. The Morgan fingerprint density at radius 3 is 2.81 bits per heavy atom. The fourth-order valence-corrected chi connectivity index (χ4v) is 5.00. The molecule has 1 saturated heterocycles. The maximum atomic E-state index is 9.27. The zero-order valence-corrected chi connectivity index (χ0v) is 18.5. The minimum absolute atomic E-state index is 0.373. The van der Waals surface area contributed by atoms with Gasteiger partial charge in [-0.05, 0) is 61.6 Å². The molecular weight excluding hydrogens is 402 g/mol. The molecular formula is C26H29N3O3. The first kappa shape index (κ1) is 20.9. The molecule has 5 rings (SSSR count). The van der Waals surface area contributed by atoms with E-state index in [0.717, 1.165) is 91.4 Å². The second-order valence-corrected chi connectivity index (χ2v) is 8.68. The maximum absolute atomic E-state index is 9.27. The fraction of sp³-hybridized carbons (Fsp3) is 0.385. The molecule has 2 aromatic heterocycles. The van der Waals surface area contributed by atoms with Crippen molar-refractivity contribution in [2.45, 2.75) is 31.6 Å². The van der Waals surface area contributed by atoms with Crippen LogP contribution >= 0.6 is 0 Å². The van der Waals surface area contributed by atoms with Crippen molar-refractivity contribution in [3.63, 3.8) is 0 Å². The summed E-state index contributed by atoms with van der Waals surface area (Å²) in [4.78, 5) is 6.65. The number of likely N-dealkylation sites (tertiary alicyclic amines) is 1. The lowest BCUT2D eigenvalue weighted by Gasteiger charge is -2.31. The Morgan fingerprint density at radius 1 is 1.12 bits per heavy atom. The topological polar surface area (TPSA) is 71.1 Å². The molecule has 0 radical (unpaired) electrons. The minimum Gasteiger partial charge on any atom is -0.460 e. The normalized spacial score (nSPS) is 20.0. The summed E-state index contributed by atoms with van der Waals surface area (Å²) in [5, 5.41) is 12.7. The van der Waals surface area contributed by atoms with Gasteiger partial charge in [0.15, 0.2) is 0 Å². The molecule has 0 saturated carbocycles. The number of aryl methyl sites for hydroxylation is 1. The van der Waals surface area contributed by atoms with Crippen molar-refractivity contribution in [2.75, 3.05) is 33.4 Å². The summed E-state index contributed by atoms with van der Waals surface area (Å²) < 4.78 is 11.8. The van der Waals surface area contributed by atoms with Gasteiger partial charge in [-0.25, -0.2) is 0 Å².